The molecule has 3 heterocycles. The highest BCUT2D eigenvalue weighted by atomic mass is 32.1. The molecule has 1 aromatic carbocycles. The molecule has 0 aliphatic carbocycles. The molecule has 1 unspecified atom stereocenters. The SMILES string of the molecule is Cc1nc(CNC(=O)C2CCC(=O)N2Cc2c[nH]c3ccccc23)sc1C. The number of benzene rings is 1. The van der Waals surface area contributed by atoms with Crippen molar-refractivity contribution in [1.82, 2.24) is 20.2 Å². The second kappa shape index (κ2) is 7.15. The van der Waals surface area contributed by atoms with Gasteiger partial charge in [-0.2, -0.15) is 0 Å². The smallest absolute Gasteiger partial charge is 0.243 e. The lowest BCUT2D eigenvalue weighted by atomic mass is 10.1. The van der Waals surface area contributed by atoms with Crippen LogP contribution >= 0.6 is 11.3 Å². The standard InChI is InChI=1S/C20H22N4O2S/c1-12-13(2)27-18(23-12)10-22-20(26)17-7-8-19(25)24(17)11-14-9-21-16-6-4-3-5-15(14)16/h3-6,9,17,21H,7-8,10-11H2,1-2H3,(H,22,26). The summed E-state index contributed by atoms with van der Waals surface area (Å²) in [6.07, 6.45) is 2.89. The highest BCUT2D eigenvalue weighted by Crippen LogP contribution is 2.26. The molecule has 1 fully saturated rings. The van der Waals surface area contributed by atoms with Crippen molar-refractivity contribution < 1.29 is 9.59 Å². The predicted molar refractivity (Wildman–Crippen MR) is 105 cm³/mol. The lowest BCUT2D eigenvalue weighted by Crippen LogP contribution is -2.44. The number of carbonyl (C=O) groups excluding carboxylic acids is 2. The Morgan fingerprint density at radius 3 is 2.96 bits per heavy atom. The third-order valence-corrected chi connectivity index (χ3v) is 6.21. The highest BCUT2D eigenvalue weighted by Gasteiger charge is 2.36. The van der Waals surface area contributed by atoms with Gasteiger partial charge in [0.15, 0.2) is 0 Å². The van der Waals surface area contributed by atoms with E-state index in [2.05, 4.69) is 15.3 Å². The number of aryl methyl sites for hydroxylation is 2. The van der Waals surface area contributed by atoms with Crippen molar-refractivity contribution in [3.63, 3.8) is 0 Å². The third-order valence-electron chi connectivity index (χ3n) is 5.13. The summed E-state index contributed by atoms with van der Waals surface area (Å²) >= 11 is 1.59. The molecule has 7 heteroatoms. The number of para-hydroxylation sites is 1. The second-order valence-electron chi connectivity index (χ2n) is 6.90. The summed E-state index contributed by atoms with van der Waals surface area (Å²) in [6.45, 7) is 4.84. The van der Waals surface area contributed by atoms with E-state index in [1.54, 1.807) is 16.2 Å². The van der Waals surface area contributed by atoms with Gasteiger partial charge in [-0.3, -0.25) is 9.59 Å². The van der Waals surface area contributed by atoms with Crippen LogP contribution in [0.5, 0.6) is 0 Å². The quantitative estimate of drug-likeness (QED) is 0.712. The summed E-state index contributed by atoms with van der Waals surface area (Å²) in [7, 11) is 0. The zero-order valence-electron chi connectivity index (χ0n) is 15.4. The first-order chi connectivity index (χ1) is 13.0. The van der Waals surface area contributed by atoms with E-state index in [1.165, 1.54) is 0 Å². The van der Waals surface area contributed by atoms with Gasteiger partial charge in [-0.05, 0) is 31.9 Å². The number of rotatable bonds is 5. The van der Waals surface area contributed by atoms with Gasteiger partial charge in [0.25, 0.3) is 0 Å². The molecule has 3 aromatic rings. The number of likely N-dealkylation sites (tertiary alicyclic amines) is 1. The Hall–Kier alpha value is -2.67. The Morgan fingerprint density at radius 2 is 2.19 bits per heavy atom. The van der Waals surface area contributed by atoms with Crippen molar-refractivity contribution in [2.45, 2.75) is 45.8 Å². The largest absolute Gasteiger partial charge is 0.361 e. The van der Waals surface area contributed by atoms with Gasteiger partial charge >= 0.3 is 0 Å². The van der Waals surface area contributed by atoms with Crippen LogP contribution in [0.3, 0.4) is 0 Å². The molecule has 1 aliphatic heterocycles. The molecule has 6 nitrogen and oxygen atoms in total. The number of hydrogen-bond donors (Lipinski definition) is 2. The van der Waals surface area contributed by atoms with E-state index >= 15 is 0 Å². The fraction of sp³-hybridized carbons (Fsp3) is 0.350. The minimum Gasteiger partial charge on any atom is -0.361 e. The second-order valence-corrected chi connectivity index (χ2v) is 8.19. The van der Waals surface area contributed by atoms with Gasteiger partial charge in [0.2, 0.25) is 11.8 Å². The zero-order chi connectivity index (χ0) is 19.0. The lowest BCUT2D eigenvalue weighted by Gasteiger charge is -2.23. The van der Waals surface area contributed by atoms with E-state index in [-0.39, 0.29) is 11.8 Å². The number of aromatic nitrogens is 2. The normalized spacial score (nSPS) is 17.0. The summed E-state index contributed by atoms with van der Waals surface area (Å²) in [5.41, 5.74) is 3.07. The van der Waals surface area contributed by atoms with Crippen LogP contribution < -0.4 is 5.32 Å². The maximum absolute atomic E-state index is 12.7. The molecule has 4 rings (SSSR count). The van der Waals surface area contributed by atoms with Gasteiger partial charge in [0, 0.05) is 34.9 Å². The molecule has 2 amide bonds. The number of H-pyrrole nitrogens is 1. The Balaban J connectivity index is 1.46. The van der Waals surface area contributed by atoms with Crippen molar-refractivity contribution in [3.05, 3.63) is 51.6 Å². The number of aromatic amines is 1. The van der Waals surface area contributed by atoms with Crippen LogP contribution in [-0.4, -0.2) is 32.7 Å². The van der Waals surface area contributed by atoms with Crippen molar-refractivity contribution in [3.8, 4) is 0 Å². The minimum atomic E-state index is -0.423. The van der Waals surface area contributed by atoms with E-state index in [1.807, 2.05) is 44.3 Å². The van der Waals surface area contributed by atoms with Crippen molar-refractivity contribution >= 4 is 34.1 Å². The van der Waals surface area contributed by atoms with Gasteiger partial charge in [0.05, 0.1) is 12.2 Å². The highest BCUT2D eigenvalue weighted by molar-refractivity contribution is 7.11. The van der Waals surface area contributed by atoms with Gasteiger partial charge in [0.1, 0.15) is 11.0 Å². The first-order valence-electron chi connectivity index (χ1n) is 9.08. The summed E-state index contributed by atoms with van der Waals surface area (Å²) in [5.74, 6) is -0.0763. The number of hydrogen-bond acceptors (Lipinski definition) is 4. The summed E-state index contributed by atoms with van der Waals surface area (Å²) in [4.78, 5) is 35.7. The lowest BCUT2D eigenvalue weighted by molar-refractivity contribution is -0.135. The van der Waals surface area contributed by atoms with Crippen LogP contribution in [0.15, 0.2) is 30.5 Å². The first kappa shape index (κ1) is 17.7. The fourth-order valence-corrected chi connectivity index (χ4v) is 4.42. The van der Waals surface area contributed by atoms with E-state index in [0.29, 0.717) is 25.9 Å². The van der Waals surface area contributed by atoms with E-state index < -0.39 is 6.04 Å². The summed E-state index contributed by atoms with van der Waals surface area (Å²) in [6, 6.07) is 7.57. The molecule has 1 saturated heterocycles. The molecular formula is C20H22N4O2S. The topological polar surface area (TPSA) is 78.1 Å². The average Bonchev–Trinajstić information content (AvgIpc) is 3.33. The van der Waals surface area contributed by atoms with Gasteiger partial charge in [-0.1, -0.05) is 18.2 Å². The van der Waals surface area contributed by atoms with Crippen molar-refractivity contribution in [2.75, 3.05) is 0 Å². The van der Waals surface area contributed by atoms with Gasteiger partial charge in [-0.25, -0.2) is 4.98 Å². The Bertz CT molecular complexity index is 987. The van der Waals surface area contributed by atoms with Gasteiger partial charge in [-0.15, -0.1) is 11.3 Å². The molecule has 140 valence electrons. The third kappa shape index (κ3) is 3.47. The monoisotopic (exact) mass is 382 g/mol. The number of fused-ring (bicyclic) bond motifs is 1. The number of thiazole rings is 1. The molecule has 0 spiro atoms. The molecule has 27 heavy (non-hydrogen) atoms. The maximum atomic E-state index is 12.7. The molecule has 2 N–H and O–H groups in total. The number of nitrogens with one attached hydrogen (secondary N) is 2. The van der Waals surface area contributed by atoms with Crippen LogP contribution in [0.2, 0.25) is 0 Å². The zero-order valence-corrected chi connectivity index (χ0v) is 16.2. The molecular weight excluding hydrogens is 360 g/mol. The van der Waals surface area contributed by atoms with Crippen LogP contribution in [0.25, 0.3) is 10.9 Å². The number of amides is 2. The van der Waals surface area contributed by atoms with Crippen LogP contribution in [0.4, 0.5) is 0 Å². The fourth-order valence-electron chi connectivity index (χ4n) is 3.55. The molecule has 1 atom stereocenters. The Morgan fingerprint density at radius 1 is 1.37 bits per heavy atom. The average molecular weight is 382 g/mol. The Kier molecular flexibility index (Phi) is 4.70. The predicted octanol–water partition coefficient (Wildman–Crippen LogP) is 3.05. The van der Waals surface area contributed by atoms with Crippen LogP contribution in [0, 0.1) is 13.8 Å². The molecule has 0 radical (unpaired) electrons. The van der Waals surface area contributed by atoms with Crippen LogP contribution in [0.1, 0.15) is 34.0 Å². The maximum Gasteiger partial charge on any atom is 0.243 e. The van der Waals surface area contributed by atoms with Crippen molar-refractivity contribution in [2.24, 2.45) is 0 Å². The van der Waals surface area contributed by atoms with Gasteiger partial charge < -0.3 is 15.2 Å². The van der Waals surface area contributed by atoms with E-state index in [9.17, 15) is 9.59 Å². The molecule has 0 saturated carbocycles. The first-order valence-corrected chi connectivity index (χ1v) is 9.89. The molecule has 1 aliphatic rings. The van der Waals surface area contributed by atoms with E-state index in [4.69, 9.17) is 0 Å². The van der Waals surface area contributed by atoms with E-state index in [0.717, 1.165) is 32.0 Å². The minimum absolute atomic E-state index is 0.0290. The molecule has 2 aromatic heterocycles. The molecule has 0 bridgehead atoms. The van der Waals surface area contributed by atoms with Crippen LogP contribution in [-0.2, 0) is 22.7 Å². The Labute approximate surface area is 161 Å². The number of nitrogens with zero attached hydrogens (tertiary/aromatic N) is 2. The summed E-state index contributed by atoms with van der Waals surface area (Å²) < 4.78 is 0. The van der Waals surface area contributed by atoms with Crippen molar-refractivity contribution in [1.29, 1.82) is 0 Å². The summed E-state index contributed by atoms with van der Waals surface area (Å²) in [5, 5.41) is 4.94. The number of carbonyl (C=O) groups is 2.